The molecule has 6 heteroatoms. The van der Waals surface area contributed by atoms with Gasteiger partial charge in [0.1, 0.15) is 0 Å². The summed E-state index contributed by atoms with van der Waals surface area (Å²) in [5.74, 6) is -0.379. The number of fused-ring (bicyclic) bond motifs is 1. The minimum absolute atomic E-state index is 0.120. The Morgan fingerprint density at radius 1 is 1.50 bits per heavy atom. The number of nitro benzene ring substituents is 1. The van der Waals surface area contributed by atoms with Crippen LogP contribution in [-0.4, -0.2) is 28.6 Å². The molecule has 2 N–H and O–H groups in total. The summed E-state index contributed by atoms with van der Waals surface area (Å²) in [7, 11) is 0. The Morgan fingerprint density at radius 3 is 2.94 bits per heavy atom. The Labute approximate surface area is 91.0 Å². The number of rotatable bonds is 1. The summed E-state index contributed by atoms with van der Waals surface area (Å²) in [6, 6.07) is 4.09. The lowest BCUT2D eigenvalue weighted by Crippen LogP contribution is -2.29. The summed E-state index contributed by atoms with van der Waals surface area (Å²) in [6.45, 7) is 0.168. The van der Waals surface area contributed by atoms with Crippen LogP contribution in [0.4, 0.5) is 5.69 Å². The lowest BCUT2D eigenvalue weighted by atomic mass is 10.0. The molecule has 0 spiro atoms. The van der Waals surface area contributed by atoms with Crippen LogP contribution < -0.4 is 5.32 Å². The zero-order valence-electron chi connectivity index (χ0n) is 8.34. The van der Waals surface area contributed by atoms with E-state index in [-0.39, 0.29) is 23.7 Å². The van der Waals surface area contributed by atoms with Gasteiger partial charge in [0.25, 0.3) is 11.6 Å². The molecule has 1 heterocycles. The smallest absolute Gasteiger partial charge is 0.270 e. The number of nitrogens with zero attached hydrogens (tertiary/aromatic N) is 1. The van der Waals surface area contributed by atoms with Crippen molar-refractivity contribution in [3.63, 3.8) is 0 Å². The molecule has 1 atom stereocenters. The van der Waals surface area contributed by atoms with E-state index in [1.807, 2.05) is 0 Å². The Morgan fingerprint density at radius 2 is 2.25 bits per heavy atom. The predicted molar refractivity (Wildman–Crippen MR) is 55.1 cm³/mol. The third kappa shape index (κ3) is 1.87. The van der Waals surface area contributed by atoms with Gasteiger partial charge in [-0.15, -0.1) is 0 Å². The zero-order valence-corrected chi connectivity index (χ0v) is 8.34. The number of carbonyl (C=O) groups excluding carboxylic acids is 1. The average Bonchev–Trinajstić information content (AvgIpc) is 2.38. The first kappa shape index (κ1) is 10.6. The molecule has 1 aliphatic heterocycles. The summed E-state index contributed by atoms with van der Waals surface area (Å²) in [4.78, 5) is 21.6. The van der Waals surface area contributed by atoms with Crippen molar-refractivity contribution in [2.24, 2.45) is 0 Å². The monoisotopic (exact) mass is 222 g/mol. The van der Waals surface area contributed by atoms with Gasteiger partial charge in [0.2, 0.25) is 0 Å². The molecule has 84 valence electrons. The first-order valence-electron chi connectivity index (χ1n) is 4.81. The zero-order chi connectivity index (χ0) is 11.7. The molecule has 16 heavy (non-hydrogen) atoms. The molecule has 1 aromatic carbocycles. The van der Waals surface area contributed by atoms with Crippen molar-refractivity contribution in [1.29, 1.82) is 0 Å². The largest absolute Gasteiger partial charge is 0.391 e. The van der Waals surface area contributed by atoms with Crippen LogP contribution in [0.1, 0.15) is 15.9 Å². The van der Waals surface area contributed by atoms with Crippen molar-refractivity contribution in [2.45, 2.75) is 12.5 Å². The minimum Gasteiger partial charge on any atom is -0.391 e. The van der Waals surface area contributed by atoms with Crippen LogP contribution in [0.3, 0.4) is 0 Å². The van der Waals surface area contributed by atoms with Crippen molar-refractivity contribution in [3.05, 3.63) is 39.4 Å². The van der Waals surface area contributed by atoms with Crippen molar-refractivity contribution in [1.82, 2.24) is 5.32 Å². The highest BCUT2D eigenvalue weighted by molar-refractivity contribution is 5.96. The molecule has 1 aliphatic rings. The average molecular weight is 222 g/mol. The van der Waals surface area contributed by atoms with Gasteiger partial charge in [-0.25, -0.2) is 0 Å². The molecule has 0 bridgehead atoms. The van der Waals surface area contributed by atoms with Crippen LogP contribution in [0.25, 0.3) is 0 Å². The van der Waals surface area contributed by atoms with Gasteiger partial charge in [0, 0.05) is 30.7 Å². The molecular formula is C10H10N2O4. The van der Waals surface area contributed by atoms with Gasteiger partial charge in [-0.3, -0.25) is 14.9 Å². The molecule has 1 unspecified atom stereocenters. The van der Waals surface area contributed by atoms with Crippen molar-refractivity contribution in [3.8, 4) is 0 Å². The van der Waals surface area contributed by atoms with Crippen LogP contribution in [0.15, 0.2) is 18.2 Å². The summed E-state index contributed by atoms with van der Waals surface area (Å²) in [5.41, 5.74) is 0.782. The fourth-order valence-corrected chi connectivity index (χ4v) is 1.70. The van der Waals surface area contributed by atoms with Gasteiger partial charge in [-0.2, -0.15) is 0 Å². The third-order valence-electron chi connectivity index (χ3n) is 2.50. The Kier molecular flexibility index (Phi) is 2.57. The fraction of sp³-hybridized carbons (Fsp3) is 0.300. The van der Waals surface area contributed by atoms with E-state index < -0.39 is 11.0 Å². The normalized spacial score (nSPS) is 19.6. The Balaban J connectivity index is 2.47. The maximum atomic E-state index is 11.6. The second-order valence-corrected chi connectivity index (χ2v) is 3.67. The number of hydrogen-bond donors (Lipinski definition) is 2. The molecule has 1 amide bonds. The lowest BCUT2D eigenvalue weighted by Gasteiger charge is -2.05. The van der Waals surface area contributed by atoms with Gasteiger partial charge in [0.15, 0.2) is 0 Å². The number of non-ortho nitro benzene ring substituents is 1. The fourth-order valence-electron chi connectivity index (χ4n) is 1.70. The number of nitrogens with one attached hydrogen (secondary N) is 1. The van der Waals surface area contributed by atoms with Crippen LogP contribution >= 0.6 is 0 Å². The van der Waals surface area contributed by atoms with E-state index in [2.05, 4.69) is 5.32 Å². The molecule has 6 nitrogen and oxygen atoms in total. The number of β-amino-alcohol motifs (C(OH)–C–C–N with tert-alkyl or cyclic N) is 1. The molecule has 0 radical (unpaired) electrons. The molecule has 0 aliphatic carbocycles. The third-order valence-corrected chi connectivity index (χ3v) is 2.50. The van der Waals surface area contributed by atoms with Gasteiger partial charge in [0.05, 0.1) is 11.0 Å². The lowest BCUT2D eigenvalue weighted by molar-refractivity contribution is -0.384. The first-order chi connectivity index (χ1) is 7.58. The molecule has 2 rings (SSSR count). The molecule has 0 fully saturated rings. The highest BCUT2D eigenvalue weighted by Gasteiger charge is 2.22. The standard InChI is InChI=1S/C10H10N2O4/c13-8-3-6-1-2-7(12(15)16)4-9(6)10(14)11-5-8/h1-2,4,8,13H,3,5H2,(H,11,14). The molecule has 0 saturated heterocycles. The van der Waals surface area contributed by atoms with Crippen LogP contribution in [0, 0.1) is 10.1 Å². The maximum Gasteiger partial charge on any atom is 0.270 e. The molecule has 0 aromatic heterocycles. The quantitative estimate of drug-likeness (QED) is 0.526. The number of aliphatic hydroxyl groups is 1. The SMILES string of the molecule is O=C1NCC(O)Cc2ccc([N+](=O)[O-])cc21. The van der Waals surface area contributed by atoms with E-state index in [1.165, 1.54) is 18.2 Å². The number of benzene rings is 1. The number of nitro groups is 1. The number of amides is 1. The van der Waals surface area contributed by atoms with Crippen LogP contribution in [0.2, 0.25) is 0 Å². The van der Waals surface area contributed by atoms with E-state index in [0.717, 1.165) is 0 Å². The van der Waals surface area contributed by atoms with Crippen LogP contribution in [0.5, 0.6) is 0 Å². The number of aliphatic hydroxyl groups excluding tert-OH is 1. The molecule has 0 saturated carbocycles. The van der Waals surface area contributed by atoms with Gasteiger partial charge >= 0.3 is 0 Å². The summed E-state index contributed by atoms with van der Waals surface area (Å²) < 4.78 is 0. The van der Waals surface area contributed by atoms with Gasteiger partial charge in [-0.05, 0) is 5.56 Å². The van der Waals surface area contributed by atoms with Crippen molar-refractivity contribution < 1.29 is 14.8 Å². The van der Waals surface area contributed by atoms with Crippen molar-refractivity contribution >= 4 is 11.6 Å². The van der Waals surface area contributed by atoms with Gasteiger partial charge < -0.3 is 10.4 Å². The molecular weight excluding hydrogens is 212 g/mol. The van der Waals surface area contributed by atoms with E-state index in [9.17, 15) is 20.0 Å². The highest BCUT2D eigenvalue weighted by atomic mass is 16.6. The summed E-state index contributed by atoms with van der Waals surface area (Å²) >= 11 is 0. The highest BCUT2D eigenvalue weighted by Crippen LogP contribution is 2.20. The topological polar surface area (TPSA) is 92.5 Å². The van der Waals surface area contributed by atoms with Gasteiger partial charge in [-0.1, -0.05) is 6.07 Å². The summed E-state index contributed by atoms with van der Waals surface area (Å²) in [5, 5.41) is 22.6. The Bertz CT molecular complexity index is 458. The maximum absolute atomic E-state index is 11.6. The second-order valence-electron chi connectivity index (χ2n) is 3.67. The van der Waals surface area contributed by atoms with Crippen molar-refractivity contribution in [2.75, 3.05) is 6.54 Å². The summed E-state index contributed by atoms with van der Waals surface area (Å²) in [6.07, 6.45) is -0.321. The number of carbonyl (C=O) groups is 1. The van der Waals surface area contributed by atoms with E-state index in [0.29, 0.717) is 12.0 Å². The second kappa shape index (κ2) is 3.90. The van der Waals surface area contributed by atoms with E-state index >= 15 is 0 Å². The minimum atomic E-state index is -0.647. The van der Waals surface area contributed by atoms with E-state index in [1.54, 1.807) is 0 Å². The Hall–Kier alpha value is -1.95. The van der Waals surface area contributed by atoms with Crippen LogP contribution in [-0.2, 0) is 6.42 Å². The first-order valence-corrected chi connectivity index (χ1v) is 4.81. The molecule has 1 aromatic rings. The predicted octanol–water partition coefficient (Wildman–Crippen LogP) is 0.242. The van der Waals surface area contributed by atoms with E-state index in [4.69, 9.17) is 0 Å². The number of hydrogen-bond acceptors (Lipinski definition) is 4.